The van der Waals surface area contributed by atoms with Gasteiger partial charge in [0.1, 0.15) is 11.5 Å². The van der Waals surface area contributed by atoms with E-state index in [2.05, 4.69) is 5.10 Å². The zero-order chi connectivity index (χ0) is 15.4. The van der Waals surface area contributed by atoms with Crippen LogP contribution in [0, 0.1) is 5.82 Å². The van der Waals surface area contributed by atoms with Crippen molar-refractivity contribution >= 4 is 17.5 Å². The van der Waals surface area contributed by atoms with Crippen LogP contribution in [-0.2, 0) is 0 Å². The zero-order valence-electron chi connectivity index (χ0n) is 12.2. The lowest BCUT2D eigenvalue weighted by Crippen LogP contribution is -2.15. The number of benzene rings is 1. The van der Waals surface area contributed by atoms with Crippen LogP contribution in [0.15, 0.2) is 35.4 Å². The first-order valence-corrected chi connectivity index (χ1v) is 7.54. The molecule has 0 unspecified atom stereocenters. The molecule has 0 fully saturated rings. The number of rotatable bonds is 6. The number of aromatic nitrogens is 2. The lowest BCUT2D eigenvalue weighted by molar-refractivity contribution is 0.100. The van der Waals surface area contributed by atoms with Gasteiger partial charge in [0.2, 0.25) is 0 Å². The summed E-state index contributed by atoms with van der Waals surface area (Å²) in [5, 5.41) is 4.19. The summed E-state index contributed by atoms with van der Waals surface area (Å²) in [4.78, 5) is 13.3. The summed E-state index contributed by atoms with van der Waals surface area (Å²) in [6, 6.07) is 6.15. The third kappa shape index (κ3) is 3.64. The molecule has 0 bridgehead atoms. The third-order valence-corrected chi connectivity index (χ3v) is 3.93. The maximum atomic E-state index is 12.8. The Morgan fingerprint density at radius 3 is 2.62 bits per heavy atom. The Labute approximate surface area is 127 Å². The van der Waals surface area contributed by atoms with Crippen LogP contribution in [0.1, 0.15) is 30.4 Å². The number of nitrogens with zero attached hydrogens (tertiary/aromatic N) is 2. The molecule has 0 atom stereocenters. The molecule has 0 spiro atoms. The van der Waals surface area contributed by atoms with Gasteiger partial charge in [-0.3, -0.25) is 9.48 Å². The van der Waals surface area contributed by atoms with Gasteiger partial charge >= 0.3 is 0 Å². The summed E-state index contributed by atoms with van der Waals surface area (Å²) in [6.07, 6.45) is 1.55. The second-order valence-electron chi connectivity index (χ2n) is 4.77. The van der Waals surface area contributed by atoms with Gasteiger partial charge in [-0.25, -0.2) is 4.39 Å². The first-order chi connectivity index (χ1) is 10.0. The third-order valence-electron chi connectivity index (χ3n) is 2.92. The number of halogens is 1. The lowest BCUT2D eigenvalue weighted by Gasteiger charge is -2.11. The monoisotopic (exact) mass is 308 g/mol. The van der Waals surface area contributed by atoms with Crippen molar-refractivity contribution in [2.45, 2.75) is 24.8 Å². The summed E-state index contributed by atoms with van der Waals surface area (Å²) in [5.74, 6) is 0.381. The van der Waals surface area contributed by atoms with Gasteiger partial charge in [-0.2, -0.15) is 5.10 Å². The van der Waals surface area contributed by atoms with Gasteiger partial charge in [0.15, 0.2) is 11.5 Å². The molecule has 2 aromatic rings. The number of hydrogen-bond acceptors (Lipinski definition) is 4. The lowest BCUT2D eigenvalue weighted by atomic mass is 10.2. The van der Waals surface area contributed by atoms with Crippen molar-refractivity contribution in [1.29, 1.82) is 0 Å². The Kier molecular flexibility index (Phi) is 5.01. The minimum Gasteiger partial charge on any atom is -0.493 e. The van der Waals surface area contributed by atoms with Gasteiger partial charge < -0.3 is 4.74 Å². The number of carbonyl (C=O) groups is 1. The summed E-state index contributed by atoms with van der Waals surface area (Å²) < 4.78 is 19.7. The number of thioether (sulfide) groups is 1. The highest BCUT2D eigenvalue weighted by Gasteiger charge is 2.20. The van der Waals surface area contributed by atoms with Crippen LogP contribution in [0.4, 0.5) is 4.39 Å². The number of ketones is 1. The van der Waals surface area contributed by atoms with Gasteiger partial charge in [-0.1, -0.05) is 0 Å². The molecule has 1 aromatic heterocycles. The smallest absolute Gasteiger partial charge is 0.194 e. The molecule has 21 heavy (non-hydrogen) atoms. The summed E-state index contributed by atoms with van der Waals surface area (Å²) in [7, 11) is 1.52. The molecule has 0 aliphatic heterocycles. The van der Waals surface area contributed by atoms with Crippen LogP contribution in [0.5, 0.6) is 5.75 Å². The van der Waals surface area contributed by atoms with Gasteiger partial charge in [0, 0.05) is 10.9 Å². The van der Waals surface area contributed by atoms with Crippen LogP contribution in [0.25, 0.3) is 0 Å². The second kappa shape index (κ2) is 6.76. The highest BCUT2D eigenvalue weighted by atomic mass is 32.2. The van der Waals surface area contributed by atoms with Crippen molar-refractivity contribution in [1.82, 2.24) is 9.78 Å². The molecule has 2 rings (SSSR count). The van der Waals surface area contributed by atoms with Crippen molar-refractivity contribution < 1.29 is 13.9 Å². The Morgan fingerprint density at radius 1 is 1.38 bits per heavy atom. The molecule has 0 aliphatic carbocycles. The van der Waals surface area contributed by atoms with Crippen molar-refractivity contribution in [2.24, 2.45) is 0 Å². The molecular formula is C15H17FN2O2S. The molecule has 6 heteroatoms. The van der Waals surface area contributed by atoms with Gasteiger partial charge in [0.25, 0.3) is 0 Å². The normalized spacial score (nSPS) is 10.9. The van der Waals surface area contributed by atoms with Crippen molar-refractivity contribution in [2.75, 3.05) is 12.9 Å². The molecule has 112 valence electrons. The second-order valence-corrected chi connectivity index (χ2v) is 5.81. The van der Waals surface area contributed by atoms with Crippen molar-refractivity contribution in [3.63, 3.8) is 0 Å². The Bertz CT molecular complexity index is 623. The number of hydrogen-bond donors (Lipinski definition) is 0. The molecule has 1 heterocycles. The summed E-state index contributed by atoms with van der Waals surface area (Å²) in [5.41, 5.74) is 0.474. The summed E-state index contributed by atoms with van der Waals surface area (Å²) >= 11 is 1.36. The van der Waals surface area contributed by atoms with Crippen molar-refractivity contribution in [3.05, 3.63) is 42.0 Å². The van der Waals surface area contributed by atoms with E-state index in [-0.39, 0.29) is 23.4 Å². The fourth-order valence-corrected chi connectivity index (χ4v) is 2.66. The Hall–Kier alpha value is -1.82. The number of ether oxygens (including phenoxy) is 1. The van der Waals surface area contributed by atoms with Gasteiger partial charge in [-0.15, -0.1) is 11.8 Å². The van der Waals surface area contributed by atoms with Crippen LogP contribution < -0.4 is 4.74 Å². The molecule has 4 nitrogen and oxygen atoms in total. The number of carbonyl (C=O) groups excluding carboxylic acids is 1. The molecule has 1 aromatic carbocycles. The number of Topliss-reactive ketones (excluding diaryl/α,β-unsaturated/α-hetero) is 1. The molecule has 0 aliphatic rings. The average molecular weight is 308 g/mol. The summed E-state index contributed by atoms with van der Waals surface area (Å²) in [6.45, 7) is 3.91. The molecule has 0 N–H and O–H groups in total. The van der Waals surface area contributed by atoms with E-state index in [1.54, 1.807) is 23.0 Å². The van der Waals surface area contributed by atoms with Crippen LogP contribution in [-0.4, -0.2) is 28.4 Å². The quantitative estimate of drug-likeness (QED) is 0.604. The Balaban J connectivity index is 2.13. The van der Waals surface area contributed by atoms with E-state index in [9.17, 15) is 9.18 Å². The Morgan fingerprint density at radius 2 is 2.05 bits per heavy atom. The van der Waals surface area contributed by atoms with E-state index >= 15 is 0 Å². The number of methoxy groups -OCH3 is 1. The van der Waals surface area contributed by atoms with Crippen LogP contribution in [0.3, 0.4) is 0 Å². The van der Waals surface area contributed by atoms with E-state index in [0.717, 1.165) is 4.90 Å². The molecular weight excluding hydrogens is 291 g/mol. The fraction of sp³-hybridized carbons (Fsp3) is 0.333. The first-order valence-electron chi connectivity index (χ1n) is 6.56. The van der Waals surface area contributed by atoms with E-state index in [1.807, 2.05) is 13.8 Å². The minimum atomic E-state index is -0.287. The van der Waals surface area contributed by atoms with Crippen LogP contribution in [0.2, 0.25) is 0 Å². The highest BCUT2D eigenvalue weighted by Crippen LogP contribution is 2.25. The standard InChI is InChI=1S/C15H17FN2O2S/c1-10(2)18-15(14(20-3)8-17-18)13(19)9-21-12-6-4-11(16)5-7-12/h4-8,10H,9H2,1-3H3. The minimum absolute atomic E-state index is 0.0626. The van der Waals surface area contributed by atoms with Gasteiger partial charge in [-0.05, 0) is 38.1 Å². The fourth-order valence-electron chi connectivity index (χ4n) is 1.90. The molecule has 0 amide bonds. The van der Waals surface area contributed by atoms with E-state index in [0.29, 0.717) is 11.4 Å². The SMILES string of the molecule is COc1cnn(C(C)C)c1C(=O)CSc1ccc(F)cc1. The predicted octanol–water partition coefficient (Wildman–Crippen LogP) is 3.59. The van der Waals surface area contributed by atoms with Crippen LogP contribution >= 0.6 is 11.8 Å². The van der Waals surface area contributed by atoms with E-state index in [1.165, 1.54) is 31.0 Å². The maximum absolute atomic E-state index is 12.8. The van der Waals surface area contributed by atoms with E-state index in [4.69, 9.17) is 4.74 Å². The molecule has 0 radical (unpaired) electrons. The maximum Gasteiger partial charge on any atom is 0.194 e. The molecule has 0 saturated carbocycles. The highest BCUT2D eigenvalue weighted by molar-refractivity contribution is 8.00. The van der Waals surface area contributed by atoms with Crippen molar-refractivity contribution in [3.8, 4) is 5.75 Å². The zero-order valence-corrected chi connectivity index (χ0v) is 13.0. The molecule has 0 saturated heterocycles. The predicted molar refractivity (Wildman–Crippen MR) is 80.6 cm³/mol. The largest absolute Gasteiger partial charge is 0.493 e. The first kappa shape index (κ1) is 15.6. The average Bonchev–Trinajstić information content (AvgIpc) is 2.90. The van der Waals surface area contributed by atoms with Gasteiger partial charge in [0.05, 0.1) is 19.1 Å². The van der Waals surface area contributed by atoms with E-state index < -0.39 is 0 Å². The topological polar surface area (TPSA) is 44.1 Å².